The topological polar surface area (TPSA) is 47.0 Å². The Morgan fingerprint density at radius 2 is 2.00 bits per heavy atom. The van der Waals surface area contributed by atoms with E-state index in [0.717, 1.165) is 23.5 Å². The van der Waals surface area contributed by atoms with Gasteiger partial charge in [0.1, 0.15) is 0 Å². The lowest BCUT2D eigenvalue weighted by Crippen LogP contribution is -2.20. The Bertz CT molecular complexity index is 602. The van der Waals surface area contributed by atoms with Crippen LogP contribution in [0.15, 0.2) is 24.4 Å². The molecule has 2 heterocycles. The first-order valence-electron chi connectivity index (χ1n) is 7.18. The summed E-state index contributed by atoms with van der Waals surface area (Å²) in [6.45, 7) is 9.19. The minimum Gasteiger partial charge on any atom is -0.481 e. The summed E-state index contributed by atoms with van der Waals surface area (Å²) in [5.41, 5.74) is 5.89. The van der Waals surface area contributed by atoms with E-state index in [1.165, 1.54) is 11.1 Å². The van der Waals surface area contributed by atoms with Crippen LogP contribution in [0, 0.1) is 20.8 Å². The Hall–Kier alpha value is -1.94. The number of methoxy groups -OCH3 is 1. The summed E-state index contributed by atoms with van der Waals surface area (Å²) in [4.78, 5) is 8.69. The Kier molecular flexibility index (Phi) is 4.91. The van der Waals surface area contributed by atoms with Gasteiger partial charge in [-0.3, -0.25) is 4.98 Å². The van der Waals surface area contributed by atoms with Crippen LogP contribution in [0.4, 0.5) is 0 Å². The third-order valence-corrected chi connectivity index (χ3v) is 3.64. The van der Waals surface area contributed by atoms with Gasteiger partial charge in [0.15, 0.2) is 0 Å². The van der Waals surface area contributed by atoms with Crippen molar-refractivity contribution in [1.82, 2.24) is 15.3 Å². The fourth-order valence-electron chi connectivity index (χ4n) is 2.73. The first kappa shape index (κ1) is 15.4. The molecule has 0 spiro atoms. The summed E-state index contributed by atoms with van der Waals surface area (Å²) < 4.78 is 5.15. The predicted molar refractivity (Wildman–Crippen MR) is 84.5 cm³/mol. The van der Waals surface area contributed by atoms with Crippen LogP contribution >= 0.6 is 0 Å². The molecule has 1 unspecified atom stereocenters. The Morgan fingerprint density at radius 3 is 2.67 bits per heavy atom. The molecule has 0 radical (unpaired) electrons. The number of pyridine rings is 2. The molecule has 0 aliphatic rings. The van der Waals surface area contributed by atoms with Crippen LogP contribution in [0.5, 0.6) is 5.88 Å². The van der Waals surface area contributed by atoms with Crippen LogP contribution in [-0.4, -0.2) is 17.1 Å². The SMILES string of the molecule is COc1cc(CNC(C)c2c(C)cc(C)nc2C)ccn1. The quantitative estimate of drug-likeness (QED) is 0.916. The summed E-state index contributed by atoms with van der Waals surface area (Å²) in [6, 6.07) is 6.33. The number of hydrogen-bond donors (Lipinski definition) is 1. The predicted octanol–water partition coefficient (Wildman–Crippen LogP) is 3.26. The van der Waals surface area contributed by atoms with Gasteiger partial charge in [-0.15, -0.1) is 0 Å². The highest BCUT2D eigenvalue weighted by Crippen LogP contribution is 2.21. The van der Waals surface area contributed by atoms with Gasteiger partial charge in [-0.25, -0.2) is 4.98 Å². The number of nitrogens with zero attached hydrogens (tertiary/aromatic N) is 2. The highest BCUT2D eigenvalue weighted by molar-refractivity contribution is 5.33. The average molecular weight is 285 g/mol. The van der Waals surface area contributed by atoms with Gasteiger partial charge in [0.25, 0.3) is 0 Å². The molecule has 21 heavy (non-hydrogen) atoms. The van der Waals surface area contributed by atoms with Crippen LogP contribution < -0.4 is 10.1 Å². The fraction of sp³-hybridized carbons (Fsp3) is 0.412. The molecule has 4 nitrogen and oxygen atoms in total. The zero-order valence-electron chi connectivity index (χ0n) is 13.4. The Morgan fingerprint density at radius 1 is 1.24 bits per heavy atom. The summed E-state index contributed by atoms with van der Waals surface area (Å²) in [5.74, 6) is 0.645. The zero-order chi connectivity index (χ0) is 15.4. The largest absolute Gasteiger partial charge is 0.481 e. The van der Waals surface area contributed by atoms with Gasteiger partial charge in [-0.2, -0.15) is 0 Å². The van der Waals surface area contributed by atoms with Crippen LogP contribution in [0.25, 0.3) is 0 Å². The van der Waals surface area contributed by atoms with Gasteiger partial charge in [-0.1, -0.05) is 0 Å². The van der Waals surface area contributed by atoms with E-state index in [4.69, 9.17) is 4.74 Å². The highest BCUT2D eigenvalue weighted by atomic mass is 16.5. The monoisotopic (exact) mass is 285 g/mol. The molecule has 0 bridgehead atoms. The van der Waals surface area contributed by atoms with Gasteiger partial charge in [0.05, 0.1) is 7.11 Å². The molecule has 1 N–H and O–H groups in total. The van der Waals surface area contributed by atoms with Crippen molar-refractivity contribution < 1.29 is 4.74 Å². The Labute approximate surface area is 126 Å². The molecule has 0 amide bonds. The van der Waals surface area contributed by atoms with Crippen molar-refractivity contribution in [3.05, 3.63) is 52.5 Å². The molecule has 2 aromatic rings. The van der Waals surface area contributed by atoms with Gasteiger partial charge in [0, 0.05) is 36.2 Å². The molecule has 2 rings (SSSR count). The van der Waals surface area contributed by atoms with E-state index in [-0.39, 0.29) is 6.04 Å². The number of rotatable bonds is 5. The molecule has 4 heteroatoms. The number of ether oxygens (including phenoxy) is 1. The van der Waals surface area contributed by atoms with Gasteiger partial charge >= 0.3 is 0 Å². The molecule has 1 atom stereocenters. The smallest absolute Gasteiger partial charge is 0.213 e. The number of nitrogens with one attached hydrogen (secondary N) is 1. The third-order valence-electron chi connectivity index (χ3n) is 3.64. The summed E-state index contributed by atoms with van der Waals surface area (Å²) in [6.07, 6.45) is 1.77. The van der Waals surface area contributed by atoms with E-state index in [1.54, 1.807) is 13.3 Å². The second-order valence-corrected chi connectivity index (χ2v) is 5.39. The highest BCUT2D eigenvalue weighted by Gasteiger charge is 2.12. The maximum atomic E-state index is 5.15. The number of aryl methyl sites for hydroxylation is 3. The molecule has 2 aromatic heterocycles. The number of aromatic nitrogens is 2. The second-order valence-electron chi connectivity index (χ2n) is 5.39. The molecular formula is C17H23N3O. The van der Waals surface area contributed by atoms with Crippen molar-refractivity contribution >= 4 is 0 Å². The lowest BCUT2D eigenvalue weighted by Gasteiger charge is -2.19. The lowest BCUT2D eigenvalue weighted by atomic mass is 10.0. The van der Waals surface area contributed by atoms with Crippen LogP contribution in [0.2, 0.25) is 0 Å². The minimum atomic E-state index is 0.247. The maximum absolute atomic E-state index is 5.15. The summed E-state index contributed by atoms with van der Waals surface area (Å²) >= 11 is 0. The van der Waals surface area contributed by atoms with E-state index < -0.39 is 0 Å². The Balaban J connectivity index is 2.10. The minimum absolute atomic E-state index is 0.247. The van der Waals surface area contributed by atoms with Crippen molar-refractivity contribution in [2.24, 2.45) is 0 Å². The molecule has 0 aromatic carbocycles. The van der Waals surface area contributed by atoms with E-state index in [9.17, 15) is 0 Å². The van der Waals surface area contributed by atoms with E-state index in [0.29, 0.717) is 5.88 Å². The first-order valence-corrected chi connectivity index (χ1v) is 7.18. The van der Waals surface area contributed by atoms with Crippen LogP contribution in [0.1, 0.15) is 41.0 Å². The zero-order valence-corrected chi connectivity index (χ0v) is 13.4. The molecule has 112 valence electrons. The van der Waals surface area contributed by atoms with Crippen molar-refractivity contribution in [3.8, 4) is 5.88 Å². The number of hydrogen-bond acceptors (Lipinski definition) is 4. The van der Waals surface area contributed by atoms with Crippen molar-refractivity contribution in [3.63, 3.8) is 0 Å². The molecule has 0 fully saturated rings. The summed E-state index contributed by atoms with van der Waals surface area (Å²) in [7, 11) is 1.63. The van der Waals surface area contributed by atoms with Crippen molar-refractivity contribution in [2.45, 2.75) is 40.3 Å². The van der Waals surface area contributed by atoms with E-state index in [2.05, 4.69) is 42.1 Å². The fourth-order valence-corrected chi connectivity index (χ4v) is 2.73. The standard InChI is InChI=1S/C17H23N3O/c1-11-8-12(2)20-14(4)17(11)13(3)19-10-15-6-7-18-16(9-15)21-5/h6-9,13,19H,10H2,1-5H3. The van der Waals surface area contributed by atoms with Gasteiger partial charge < -0.3 is 10.1 Å². The van der Waals surface area contributed by atoms with Crippen molar-refractivity contribution in [2.75, 3.05) is 7.11 Å². The average Bonchev–Trinajstić information content (AvgIpc) is 2.44. The third kappa shape index (κ3) is 3.79. The first-order chi connectivity index (χ1) is 10.0. The second kappa shape index (κ2) is 6.68. The maximum Gasteiger partial charge on any atom is 0.213 e. The van der Waals surface area contributed by atoms with Crippen LogP contribution in [0.3, 0.4) is 0 Å². The molecular weight excluding hydrogens is 262 g/mol. The summed E-state index contributed by atoms with van der Waals surface area (Å²) in [5, 5.41) is 3.54. The van der Waals surface area contributed by atoms with E-state index >= 15 is 0 Å². The normalized spacial score (nSPS) is 12.2. The molecule has 0 aliphatic carbocycles. The van der Waals surface area contributed by atoms with E-state index in [1.807, 2.05) is 19.1 Å². The van der Waals surface area contributed by atoms with Gasteiger partial charge in [-0.05, 0) is 56.5 Å². The van der Waals surface area contributed by atoms with Crippen molar-refractivity contribution in [1.29, 1.82) is 0 Å². The molecule has 0 saturated carbocycles. The molecule has 0 aliphatic heterocycles. The molecule has 0 saturated heterocycles. The lowest BCUT2D eigenvalue weighted by molar-refractivity contribution is 0.397. The van der Waals surface area contributed by atoms with Gasteiger partial charge in [0.2, 0.25) is 5.88 Å². The van der Waals surface area contributed by atoms with Crippen LogP contribution in [-0.2, 0) is 6.54 Å².